The summed E-state index contributed by atoms with van der Waals surface area (Å²) in [5, 5.41) is 12.5. The van der Waals surface area contributed by atoms with Crippen LogP contribution in [0.3, 0.4) is 0 Å². The summed E-state index contributed by atoms with van der Waals surface area (Å²) in [5.74, 6) is 0.886. The lowest BCUT2D eigenvalue weighted by molar-refractivity contribution is 0.0403. The minimum atomic E-state index is -0.565. The zero-order chi connectivity index (χ0) is 20.9. The number of ether oxygens (including phenoxy) is 1. The molecule has 0 bridgehead atoms. The predicted molar refractivity (Wildman–Crippen MR) is 119 cm³/mol. The van der Waals surface area contributed by atoms with E-state index in [4.69, 9.17) is 4.74 Å². The first-order valence-corrected chi connectivity index (χ1v) is 10.5. The first-order chi connectivity index (χ1) is 14.6. The number of benzene rings is 3. The zero-order valence-corrected chi connectivity index (χ0v) is 17.3. The Bertz CT molecular complexity index is 1010. The van der Waals surface area contributed by atoms with Crippen molar-refractivity contribution in [2.75, 3.05) is 39.3 Å². The molecular weight excluding hydrogens is 376 g/mol. The van der Waals surface area contributed by atoms with Crippen LogP contribution in [0.25, 0.3) is 10.8 Å². The number of piperazine rings is 1. The highest BCUT2D eigenvalue weighted by Gasteiger charge is 2.24. The van der Waals surface area contributed by atoms with E-state index in [2.05, 4.69) is 4.90 Å². The van der Waals surface area contributed by atoms with Crippen LogP contribution in [0.2, 0.25) is 0 Å². The van der Waals surface area contributed by atoms with Gasteiger partial charge in [0.25, 0.3) is 5.91 Å². The van der Waals surface area contributed by atoms with Crippen molar-refractivity contribution < 1.29 is 14.6 Å². The molecule has 1 saturated heterocycles. The van der Waals surface area contributed by atoms with E-state index in [-0.39, 0.29) is 12.5 Å². The van der Waals surface area contributed by atoms with E-state index in [1.54, 1.807) is 0 Å². The van der Waals surface area contributed by atoms with Gasteiger partial charge in [-0.3, -0.25) is 9.69 Å². The second-order valence-electron chi connectivity index (χ2n) is 7.85. The summed E-state index contributed by atoms with van der Waals surface area (Å²) in [4.78, 5) is 17.2. The van der Waals surface area contributed by atoms with E-state index in [1.807, 2.05) is 78.6 Å². The first-order valence-electron chi connectivity index (χ1n) is 10.5. The maximum atomic E-state index is 13.1. The SMILES string of the molecule is Cc1ccccc1OCC(O)CN1CCN(C(=O)c2cccc3ccccc23)CC1. The number of aryl methyl sites for hydroxylation is 1. The lowest BCUT2D eigenvalue weighted by Gasteiger charge is -2.35. The Labute approximate surface area is 177 Å². The number of aliphatic hydroxyl groups excluding tert-OH is 1. The van der Waals surface area contributed by atoms with Gasteiger partial charge < -0.3 is 14.7 Å². The molecule has 5 heteroatoms. The number of para-hydroxylation sites is 1. The maximum absolute atomic E-state index is 13.1. The fraction of sp³-hybridized carbons (Fsp3) is 0.320. The second-order valence-corrected chi connectivity index (χ2v) is 7.85. The summed E-state index contributed by atoms with van der Waals surface area (Å²) in [5.41, 5.74) is 1.82. The Morgan fingerprint density at radius 1 is 0.967 bits per heavy atom. The molecule has 1 atom stereocenters. The van der Waals surface area contributed by atoms with Crippen molar-refractivity contribution in [1.29, 1.82) is 0 Å². The topological polar surface area (TPSA) is 53.0 Å². The molecule has 3 aromatic carbocycles. The third-order valence-corrected chi connectivity index (χ3v) is 5.67. The van der Waals surface area contributed by atoms with E-state index < -0.39 is 6.10 Å². The number of carbonyl (C=O) groups is 1. The van der Waals surface area contributed by atoms with Gasteiger partial charge in [0.1, 0.15) is 18.5 Å². The molecule has 1 amide bonds. The quantitative estimate of drug-likeness (QED) is 0.685. The Hall–Kier alpha value is -2.89. The van der Waals surface area contributed by atoms with Crippen LogP contribution >= 0.6 is 0 Å². The highest BCUT2D eigenvalue weighted by molar-refractivity contribution is 6.07. The van der Waals surface area contributed by atoms with E-state index in [1.165, 1.54) is 0 Å². The molecule has 1 heterocycles. The lowest BCUT2D eigenvalue weighted by Crippen LogP contribution is -2.51. The van der Waals surface area contributed by atoms with Crippen LogP contribution in [0.15, 0.2) is 66.7 Å². The second kappa shape index (κ2) is 9.28. The molecule has 1 unspecified atom stereocenters. The van der Waals surface area contributed by atoms with Gasteiger partial charge in [-0.25, -0.2) is 0 Å². The number of hydrogen-bond acceptors (Lipinski definition) is 4. The van der Waals surface area contributed by atoms with Crippen LogP contribution in [0.4, 0.5) is 0 Å². The van der Waals surface area contributed by atoms with E-state index in [0.29, 0.717) is 19.6 Å². The average molecular weight is 405 g/mol. The van der Waals surface area contributed by atoms with Gasteiger partial charge in [0.05, 0.1) is 0 Å². The van der Waals surface area contributed by atoms with Crippen LogP contribution in [0, 0.1) is 6.92 Å². The van der Waals surface area contributed by atoms with Gasteiger partial charge in [-0.15, -0.1) is 0 Å². The third-order valence-electron chi connectivity index (χ3n) is 5.67. The van der Waals surface area contributed by atoms with Crippen LogP contribution in [-0.4, -0.2) is 66.2 Å². The number of hydrogen-bond donors (Lipinski definition) is 1. The normalized spacial score (nSPS) is 15.9. The Kier molecular flexibility index (Phi) is 6.31. The van der Waals surface area contributed by atoms with Gasteiger partial charge in [0.2, 0.25) is 0 Å². The van der Waals surface area contributed by atoms with Crippen molar-refractivity contribution >= 4 is 16.7 Å². The average Bonchev–Trinajstić information content (AvgIpc) is 2.78. The number of β-amino-alcohol motifs (C(OH)–C–C–N with tert-alkyl or cyclic N) is 1. The third kappa shape index (κ3) is 4.64. The minimum Gasteiger partial charge on any atom is -0.491 e. The summed E-state index contributed by atoms with van der Waals surface area (Å²) in [7, 11) is 0. The Morgan fingerprint density at radius 3 is 2.47 bits per heavy atom. The van der Waals surface area contributed by atoms with Crippen molar-refractivity contribution in [2.24, 2.45) is 0 Å². The van der Waals surface area contributed by atoms with Gasteiger partial charge in [-0.1, -0.05) is 54.6 Å². The van der Waals surface area contributed by atoms with Gasteiger partial charge >= 0.3 is 0 Å². The molecule has 1 N–H and O–H groups in total. The number of amides is 1. The molecule has 156 valence electrons. The summed E-state index contributed by atoms with van der Waals surface area (Å²) in [6, 6.07) is 21.7. The fourth-order valence-electron chi connectivity index (χ4n) is 3.97. The van der Waals surface area contributed by atoms with Crippen molar-refractivity contribution in [1.82, 2.24) is 9.80 Å². The summed E-state index contributed by atoms with van der Waals surface area (Å²) >= 11 is 0. The monoisotopic (exact) mass is 404 g/mol. The number of rotatable bonds is 6. The molecular formula is C25H28N2O3. The molecule has 0 spiro atoms. The molecule has 0 aliphatic carbocycles. The van der Waals surface area contributed by atoms with Crippen LogP contribution in [0.5, 0.6) is 5.75 Å². The van der Waals surface area contributed by atoms with Crippen LogP contribution in [0.1, 0.15) is 15.9 Å². The van der Waals surface area contributed by atoms with E-state index >= 15 is 0 Å². The largest absolute Gasteiger partial charge is 0.491 e. The van der Waals surface area contributed by atoms with Crippen molar-refractivity contribution in [3.05, 3.63) is 77.9 Å². The standard InChI is InChI=1S/C25H28N2O3/c1-19-7-2-5-12-24(19)30-18-21(28)17-26-13-15-27(16-14-26)25(29)23-11-6-9-20-8-3-4-10-22(20)23/h2-12,21,28H,13-18H2,1H3. The molecule has 0 aromatic heterocycles. The highest BCUT2D eigenvalue weighted by atomic mass is 16.5. The van der Waals surface area contributed by atoms with Crippen molar-refractivity contribution in [3.63, 3.8) is 0 Å². The van der Waals surface area contributed by atoms with Gasteiger partial charge in [-0.2, -0.15) is 0 Å². The molecule has 30 heavy (non-hydrogen) atoms. The summed E-state index contributed by atoms with van der Waals surface area (Å²) in [6.07, 6.45) is -0.565. The smallest absolute Gasteiger partial charge is 0.254 e. The predicted octanol–water partition coefficient (Wildman–Crippen LogP) is 3.35. The zero-order valence-electron chi connectivity index (χ0n) is 17.3. The van der Waals surface area contributed by atoms with Gasteiger partial charge in [-0.05, 0) is 35.4 Å². The summed E-state index contributed by atoms with van der Waals surface area (Å²) in [6.45, 7) is 5.62. The fourth-order valence-corrected chi connectivity index (χ4v) is 3.97. The molecule has 1 aliphatic heterocycles. The summed E-state index contributed by atoms with van der Waals surface area (Å²) < 4.78 is 5.76. The first kappa shape index (κ1) is 20.4. The van der Waals surface area contributed by atoms with Crippen LogP contribution < -0.4 is 4.74 Å². The van der Waals surface area contributed by atoms with Crippen LogP contribution in [-0.2, 0) is 0 Å². The number of nitrogens with zero attached hydrogens (tertiary/aromatic N) is 2. The molecule has 1 fully saturated rings. The molecule has 4 rings (SSSR count). The highest BCUT2D eigenvalue weighted by Crippen LogP contribution is 2.21. The van der Waals surface area contributed by atoms with E-state index in [9.17, 15) is 9.90 Å². The molecule has 5 nitrogen and oxygen atoms in total. The van der Waals surface area contributed by atoms with Gasteiger partial charge in [0.15, 0.2) is 0 Å². The van der Waals surface area contributed by atoms with E-state index in [0.717, 1.165) is 40.7 Å². The van der Waals surface area contributed by atoms with Crippen molar-refractivity contribution in [2.45, 2.75) is 13.0 Å². The van der Waals surface area contributed by atoms with Crippen molar-refractivity contribution in [3.8, 4) is 5.75 Å². The minimum absolute atomic E-state index is 0.0786. The Balaban J connectivity index is 1.29. The van der Waals surface area contributed by atoms with Gasteiger partial charge in [0, 0.05) is 38.3 Å². The molecule has 3 aromatic rings. The Morgan fingerprint density at radius 2 is 1.67 bits per heavy atom. The maximum Gasteiger partial charge on any atom is 0.254 e. The molecule has 0 radical (unpaired) electrons. The molecule has 1 aliphatic rings. The number of fused-ring (bicyclic) bond motifs is 1. The molecule has 0 saturated carbocycles. The lowest BCUT2D eigenvalue weighted by atomic mass is 10.0. The number of carbonyl (C=O) groups excluding carboxylic acids is 1. The number of aliphatic hydroxyl groups is 1.